The van der Waals surface area contributed by atoms with Crippen molar-refractivity contribution in [3.05, 3.63) is 47.5 Å². The molecular weight excluding hydrogens is 459 g/mol. The minimum absolute atomic E-state index is 0.0363. The molecule has 0 aromatic heterocycles. The monoisotopic (exact) mass is 496 g/mol. The molecule has 2 fully saturated rings. The van der Waals surface area contributed by atoms with Crippen LogP contribution in [0.4, 0.5) is 4.79 Å². The second-order valence-electron chi connectivity index (χ2n) is 10.1. The van der Waals surface area contributed by atoms with Crippen LogP contribution in [0.25, 0.3) is 0 Å². The maximum Gasteiger partial charge on any atom is 0.475 e. The van der Waals surface area contributed by atoms with Gasteiger partial charge in [0.05, 0.1) is 12.0 Å². The number of alkyl carbamates (subject to hydrolysis) is 1. The van der Waals surface area contributed by atoms with Gasteiger partial charge in [-0.2, -0.15) is 5.26 Å². The van der Waals surface area contributed by atoms with E-state index in [9.17, 15) is 24.9 Å². The minimum atomic E-state index is -1.76. The van der Waals surface area contributed by atoms with Crippen LogP contribution < -0.4 is 5.32 Å². The van der Waals surface area contributed by atoms with Crippen molar-refractivity contribution in [2.24, 2.45) is 0 Å². The van der Waals surface area contributed by atoms with Crippen molar-refractivity contribution < 1.29 is 24.4 Å². The molecule has 2 aliphatic rings. The number of hydrogen-bond acceptors (Lipinski definition) is 7. The zero-order chi connectivity index (χ0) is 26.1. The van der Waals surface area contributed by atoms with Gasteiger partial charge in [0.25, 0.3) is 5.91 Å². The smallest absolute Gasteiger partial charge is 0.447 e. The van der Waals surface area contributed by atoms with E-state index >= 15 is 0 Å². The van der Waals surface area contributed by atoms with E-state index in [0.717, 1.165) is 37.9 Å². The Hall–Kier alpha value is -2.87. The zero-order valence-electron chi connectivity index (χ0n) is 21.2. The standard InChI is InChI=1S/C26H37BN4O5/c1-26(2,30-13-7-4-8-14-30)17-21(18-28)24(32)31-15-9-12-22(31)19-36-25(33)29-23(27(34)35)16-20-10-5-3-6-11-20/h3,5-6,10-11,17,22-23,34-35H,4,7-9,12-16,19H2,1-2H3,(H,29,33)/t22-,23+/m1/s1. The molecule has 2 amide bonds. The molecule has 1 aromatic carbocycles. The van der Waals surface area contributed by atoms with Crippen molar-refractivity contribution >= 4 is 19.1 Å². The predicted molar refractivity (Wildman–Crippen MR) is 137 cm³/mol. The zero-order valence-corrected chi connectivity index (χ0v) is 21.2. The van der Waals surface area contributed by atoms with Crippen molar-refractivity contribution in [2.75, 3.05) is 26.2 Å². The summed E-state index contributed by atoms with van der Waals surface area (Å²) < 4.78 is 5.36. The summed E-state index contributed by atoms with van der Waals surface area (Å²) in [4.78, 5) is 29.6. The normalized spacial score (nSPS) is 19.9. The molecule has 3 rings (SSSR count). The van der Waals surface area contributed by atoms with E-state index in [0.29, 0.717) is 13.0 Å². The average Bonchev–Trinajstić information content (AvgIpc) is 3.35. The van der Waals surface area contributed by atoms with Gasteiger partial charge in [-0.25, -0.2) is 4.79 Å². The van der Waals surface area contributed by atoms with Gasteiger partial charge in [0.1, 0.15) is 18.2 Å². The van der Waals surface area contributed by atoms with Gasteiger partial charge in [0, 0.05) is 12.1 Å². The van der Waals surface area contributed by atoms with E-state index in [1.54, 1.807) is 11.0 Å². The SMILES string of the molecule is CC(C)(C=C(C#N)C(=O)N1CCC[C@@H]1COC(=O)N[C@@H](Cc1ccccc1)B(O)O)N1CCCCC1. The molecule has 0 aliphatic carbocycles. The fourth-order valence-electron chi connectivity index (χ4n) is 4.95. The second-order valence-corrected chi connectivity index (χ2v) is 10.1. The lowest BCUT2D eigenvalue weighted by Crippen LogP contribution is -2.49. The Morgan fingerprint density at radius 2 is 1.89 bits per heavy atom. The molecule has 9 nitrogen and oxygen atoms in total. The Kier molecular flexibility index (Phi) is 9.93. The third-order valence-electron chi connectivity index (χ3n) is 7.03. The highest BCUT2D eigenvalue weighted by Crippen LogP contribution is 2.25. The quantitative estimate of drug-likeness (QED) is 0.271. The lowest BCUT2D eigenvalue weighted by molar-refractivity contribution is -0.128. The van der Waals surface area contributed by atoms with Crippen LogP contribution in [0.2, 0.25) is 0 Å². The number of nitriles is 1. The van der Waals surface area contributed by atoms with Crippen molar-refractivity contribution in [1.82, 2.24) is 15.1 Å². The molecule has 2 heterocycles. The number of piperidine rings is 1. The van der Waals surface area contributed by atoms with E-state index in [4.69, 9.17) is 4.74 Å². The van der Waals surface area contributed by atoms with Crippen LogP contribution in [0.3, 0.4) is 0 Å². The van der Waals surface area contributed by atoms with E-state index in [2.05, 4.69) is 16.3 Å². The predicted octanol–water partition coefficient (Wildman–Crippen LogP) is 2.04. The number of nitrogens with one attached hydrogen (secondary N) is 1. The number of likely N-dealkylation sites (tertiary alicyclic amines) is 2. The molecule has 36 heavy (non-hydrogen) atoms. The summed E-state index contributed by atoms with van der Waals surface area (Å²) in [6.07, 6.45) is 6.04. The van der Waals surface area contributed by atoms with E-state index in [-0.39, 0.29) is 30.5 Å². The molecule has 194 valence electrons. The Balaban J connectivity index is 1.58. The molecule has 0 bridgehead atoms. The van der Waals surface area contributed by atoms with Gasteiger partial charge in [-0.3, -0.25) is 9.69 Å². The van der Waals surface area contributed by atoms with Crippen LogP contribution >= 0.6 is 0 Å². The van der Waals surface area contributed by atoms with Crippen LogP contribution in [-0.2, 0) is 16.0 Å². The van der Waals surface area contributed by atoms with Gasteiger partial charge in [-0.05, 0) is 70.7 Å². The first-order valence-electron chi connectivity index (χ1n) is 12.7. The Bertz CT molecular complexity index is 957. The van der Waals surface area contributed by atoms with Crippen LogP contribution in [0.5, 0.6) is 0 Å². The number of amides is 2. The molecule has 0 unspecified atom stereocenters. The number of nitrogens with zero attached hydrogens (tertiary/aromatic N) is 3. The Morgan fingerprint density at radius 1 is 1.19 bits per heavy atom. The molecule has 0 saturated carbocycles. The first-order chi connectivity index (χ1) is 17.2. The molecule has 10 heteroatoms. The van der Waals surface area contributed by atoms with Crippen molar-refractivity contribution in [3.63, 3.8) is 0 Å². The summed E-state index contributed by atoms with van der Waals surface area (Å²) in [5.41, 5.74) is 0.533. The molecule has 2 saturated heterocycles. The highest BCUT2D eigenvalue weighted by Gasteiger charge is 2.34. The minimum Gasteiger partial charge on any atom is -0.447 e. The van der Waals surface area contributed by atoms with E-state index in [1.807, 2.05) is 44.2 Å². The fourth-order valence-corrected chi connectivity index (χ4v) is 4.95. The van der Waals surface area contributed by atoms with Crippen LogP contribution in [0.15, 0.2) is 42.0 Å². The van der Waals surface area contributed by atoms with Gasteiger partial charge < -0.3 is 25.0 Å². The topological polar surface area (TPSA) is 126 Å². The van der Waals surface area contributed by atoms with Crippen LogP contribution in [0, 0.1) is 11.3 Å². The molecule has 3 N–H and O–H groups in total. The summed E-state index contributed by atoms with van der Waals surface area (Å²) in [6.45, 7) is 6.40. The van der Waals surface area contributed by atoms with Gasteiger partial charge >= 0.3 is 13.2 Å². The second kappa shape index (κ2) is 12.9. The fraction of sp³-hybridized carbons (Fsp3) is 0.577. The van der Waals surface area contributed by atoms with E-state index < -0.39 is 24.7 Å². The molecule has 0 spiro atoms. The lowest BCUT2D eigenvalue weighted by Gasteiger charge is -2.39. The van der Waals surface area contributed by atoms with Gasteiger partial charge in [-0.1, -0.05) is 36.8 Å². The summed E-state index contributed by atoms with van der Waals surface area (Å²) in [7, 11) is -1.76. The maximum absolute atomic E-state index is 13.3. The van der Waals surface area contributed by atoms with Crippen LogP contribution in [0.1, 0.15) is 51.5 Å². The first-order valence-corrected chi connectivity index (χ1v) is 12.7. The maximum atomic E-state index is 13.3. The third kappa shape index (κ3) is 7.57. The average molecular weight is 496 g/mol. The molecule has 2 aliphatic heterocycles. The number of carbonyl (C=O) groups excluding carboxylic acids is 2. The number of rotatable bonds is 9. The third-order valence-corrected chi connectivity index (χ3v) is 7.03. The summed E-state index contributed by atoms with van der Waals surface area (Å²) in [5.74, 6) is -1.28. The van der Waals surface area contributed by atoms with Crippen molar-refractivity contribution in [1.29, 1.82) is 5.26 Å². The van der Waals surface area contributed by atoms with Crippen molar-refractivity contribution in [2.45, 2.75) is 69.9 Å². The molecule has 1 aromatic rings. The largest absolute Gasteiger partial charge is 0.475 e. The summed E-state index contributed by atoms with van der Waals surface area (Å²) >= 11 is 0. The van der Waals surface area contributed by atoms with E-state index in [1.165, 1.54) is 6.42 Å². The van der Waals surface area contributed by atoms with Crippen molar-refractivity contribution in [3.8, 4) is 6.07 Å². The highest BCUT2D eigenvalue weighted by atomic mass is 16.5. The Morgan fingerprint density at radius 3 is 2.53 bits per heavy atom. The van der Waals surface area contributed by atoms with Gasteiger partial charge in [-0.15, -0.1) is 0 Å². The molecular formula is C26H37BN4O5. The van der Waals surface area contributed by atoms with Gasteiger partial charge in [0.15, 0.2) is 0 Å². The first kappa shape index (κ1) is 27.7. The molecule has 0 radical (unpaired) electrons. The number of ether oxygens (including phenoxy) is 1. The summed E-state index contributed by atoms with van der Waals surface area (Å²) in [5, 5.41) is 31.6. The number of benzene rings is 1. The molecule has 2 atom stereocenters. The van der Waals surface area contributed by atoms with Gasteiger partial charge in [0.2, 0.25) is 0 Å². The number of carbonyl (C=O) groups is 2. The number of hydrogen-bond donors (Lipinski definition) is 3. The highest BCUT2D eigenvalue weighted by molar-refractivity contribution is 6.43. The summed E-state index contributed by atoms with van der Waals surface area (Å²) in [6, 6.07) is 10.9. The lowest BCUT2D eigenvalue weighted by atomic mass is 9.76. The Labute approximate surface area is 213 Å². The van der Waals surface area contributed by atoms with Crippen LogP contribution in [-0.4, -0.2) is 82.7 Å².